The van der Waals surface area contributed by atoms with E-state index in [9.17, 15) is 4.79 Å². The third-order valence-corrected chi connectivity index (χ3v) is 1.28. The van der Waals surface area contributed by atoms with Gasteiger partial charge in [-0.2, -0.15) is 0 Å². The quantitative estimate of drug-likeness (QED) is 0.206. The molecule has 1 atom stereocenters. The van der Waals surface area contributed by atoms with E-state index in [1.54, 1.807) is 0 Å². The molecule has 0 heterocycles. The van der Waals surface area contributed by atoms with Crippen LogP contribution < -0.4 is 29.6 Å². The Kier molecular flexibility index (Phi) is 8.52. The molecule has 7 N–H and O–H groups in total. The molecule has 6 nitrogen and oxygen atoms in total. The molecule has 1 unspecified atom stereocenters. The highest BCUT2D eigenvalue weighted by molar-refractivity contribution is 5.75. The van der Waals surface area contributed by atoms with Gasteiger partial charge in [0.25, 0.3) is 0 Å². The predicted octanol–water partition coefficient (Wildman–Crippen LogP) is -4.54. The summed E-state index contributed by atoms with van der Waals surface area (Å²) >= 11 is 0. The van der Waals surface area contributed by atoms with Crippen molar-refractivity contribution in [2.24, 2.45) is 22.2 Å². The summed E-state index contributed by atoms with van der Waals surface area (Å²) in [5.74, 6) is -0.987. The first-order valence-corrected chi connectivity index (χ1v) is 3.58. The zero-order valence-corrected chi connectivity index (χ0v) is 7.87. The number of hydrogen-bond acceptors (Lipinski definition) is 3. The van der Waals surface area contributed by atoms with Crippen LogP contribution in [0.4, 0.5) is 0 Å². The molecule has 0 aromatic rings. The molecule has 0 aliphatic heterocycles. The van der Waals surface area contributed by atoms with Crippen LogP contribution in [0, 0.1) is 0 Å². The molecule has 0 amide bonds. The zero-order chi connectivity index (χ0) is 9.56. The number of halogens is 1. The first-order valence-electron chi connectivity index (χ1n) is 3.58. The molecule has 0 spiro atoms. The highest BCUT2D eigenvalue weighted by atomic mass is 35.5. The molecular weight excluding hydrogens is 196 g/mol. The van der Waals surface area contributed by atoms with Gasteiger partial charge in [-0.05, 0) is 12.8 Å². The highest BCUT2D eigenvalue weighted by Gasteiger charge is 2.09. The Morgan fingerprint density at radius 2 is 2.00 bits per heavy atom. The maximum Gasteiger partial charge on any atom is 0.320 e. The van der Waals surface area contributed by atoms with E-state index in [4.69, 9.17) is 22.3 Å². The van der Waals surface area contributed by atoms with Gasteiger partial charge in [-0.3, -0.25) is 9.79 Å². The second kappa shape index (κ2) is 7.63. The van der Waals surface area contributed by atoms with Crippen molar-refractivity contribution < 1.29 is 22.3 Å². The molecule has 0 radical (unpaired) electrons. The Morgan fingerprint density at radius 1 is 1.46 bits per heavy atom. The first-order chi connectivity index (χ1) is 5.54. The van der Waals surface area contributed by atoms with Gasteiger partial charge < -0.3 is 34.7 Å². The van der Waals surface area contributed by atoms with Crippen LogP contribution in [-0.4, -0.2) is 29.6 Å². The predicted molar refractivity (Wildman–Crippen MR) is 45.5 cm³/mol. The lowest BCUT2D eigenvalue weighted by Gasteiger charge is -2.03. The van der Waals surface area contributed by atoms with Gasteiger partial charge in [-0.1, -0.05) is 0 Å². The van der Waals surface area contributed by atoms with E-state index >= 15 is 0 Å². The van der Waals surface area contributed by atoms with Crippen LogP contribution in [0.2, 0.25) is 0 Å². The molecule has 0 aliphatic carbocycles. The number of rotatable bonds is 5. The van der Waals surface area contributed by atoms with Gasteiger partial charge >= 0.3 is 5.97 Å². The Hall–Kier alpha value is -1.01. The van der Waals surface area contributed by atoms with Crippen LogP contribution in [0.1, 0.15) is 12.8 Å². The normalized spacial score (nSPS) is 11.2. The molecule has 0 saturated carbocycles. The maximum atomic E-state index is 10.2. The second-order valence-electron chi connectivity index (χ2n) is 2.39. The third-order valence-electron chi connectivity index (χ3n) is 1.28. The van der Waals surface area contributed by atoms with Crippen molar-refractivity contribution in [3.63, 3.8) is 0 Å². The lowest BCUT2D eigenvalue weighted by Crippen LogP contribution is -3.00. The largest absolute Gasteiger partial charge is 1.00 e. The molecule has 0 aliphatic rings. The molecular formula is C6H14ClN4O2-. The van der Waals surface area contributed by atoms with E-state index in [0.29, 0.717) is 19.4 Å². The summed E-state index contributed by atoms with van der Waals surface area (Å²) in [6, 6.07) is -0.820. The van der Waals surface area contributed by atoms with Crippen LogP contribution in [0.3, 0.4) is 0 Å². The number of guanidine groups is 1. The average molecular weight is 210 g/mol. The Morgan fingerprint density at radius 3 is 2.38 bits per heavy atom. The van der Waals surface area contributed by atoms with Gasteiger partial charge in [0.15, 0.2) is 5.96 Å². The molecule has 0 aromatic heterocycles. The number of aliphatic imine (C=N–C) groups is 1. The van der Waals surface area contributed by atoms with Crippen LogP contribution in [-0.2, 0) is 4.79 Å². The second-order valence-corrected chi connectivity index (χ2v) is 2.39. The number of nitrogens with zero attached hydrogens (tertiary/aromatic N) is 1. The smallest absolute Gasteiger partial charge is 0.320 e. The summed E-state index contributed by atoms with van der Waals surface area (Å²) in [6.07, 6.45) is 0.956. The summed E-state index contributed by atoms with van der Waals surface area (Å²) < 4.78 is 0. The molecule has 0 bridgehead atoms. The number of carboxylic acid groups (broad SMARTS) is 1. The van der Waals surface area contributed by atoms with Crippen molar-refractivity contribution in [2.45, 2.75) is 18.9 Å². The summed E-state index contributed by atoms with van der Waals surface area (Å²) in [5, 5.41) is 8.38. The maximum absolute atomic E-state index is 10.2. The monoisotopic (exact) mass is 209 g/mol. The zero-order valence-electron chi connectivity index (χ0n) is 7.11. The molecule has 13 heavy (non-hydrogen) atoms. The highest BCUT2D eigenvalue weighted by Crippen LogP contribution is 1.94. The lowest BCUT2D eigenvalue weighted by atomic mass is 10.2. The molecule has 0 saturated heterocycles. The van der Waals surface area contributed by atoms with E-state index in [0.717, 1.165) is 0 Å². The fourth-order valence-electron chi connectivity index (χ4n) is 0.643. The lowest BCUT2D eigenvalue weighted by molar-refractivity contribution is -0.138. The van der Waals surface area contributed by atoms with Gasteiger partial charge in [0, 0.05) is 6.54 Å². The summed E-state index contributed by atoms with van der Waals surface area (Å²) in [7, 11) is 0. The van der Waals surface area contributed by atoms with E-state index in [2.05, 4.69) is 4.99 Å². The Balaban J connectivity index is 0. The average Bonchev–Trinajstić information content (AvgIpc) is 1.97. The van der Waals surface area contributed by atoms with Crippen molar-refractivity contribution in [3.05, 3.63) is 0 Å². The number of nitrogens with two attached hydrogens (primary N) is 3. The topological polar surface area (TPSA) is 128 Å². The van der Waals surface area contributed by atoms with E-state index < -0.39 is 12.0 Å². The van der Waals surface area contributed by atoms with Crippen LogP contribution in [0.5, 0.6) is 0 Å². The van der Waals surface area contributed by atoms with Crippen molar-refractivity contribution in [2.75, 3.05) is 6.54 Å². The number of carbonyl (C=O) groups is 1. The Bertz CT molecular complexity index is 181. The van der Waals surface area contributed by atoms with Crippen molar-refractivity contribution in [3.8, 4) is 0 Å². The van der Waals surface area contributed by atoms with Crippen molar-refractivity contribution in [1.29, 1.82) is 0 Å². The minimum atomic E-state index is -1.00. The fourth-order valence-corrected chi connectivity index (χ4v) is 0.643. The van der Waals surface area contributed by atoms with Crippen LogP contribution >= 0.6 is 0 Å². The number of aliphatic carboxylic acids is 1. The Labute approximate surface area is 82.6 Å². The van der Waals surface area contributed by atoms with Gasteiger partial charge in [-0.25, -0.2) is 0 Å². The first kappa shape index (κ1) is 14.5. The summed E-state index contributed by atoms with van der Waals surface area (Å²) in [5.41, 5.74) is 15.3. The fraction of sp³-hybridized carbons (Fsp3) is 0.667. The molecule has 78 valence electrons. The SMILES string of the molecule is NC(N)=NCCCC(N)C(=O)O.[Cl-]. The minimum absolute atomic E-state index is 0. The van der Waals surface area contributed by atoms with Crippen LogP contribution in [0.25, 0.3) is 0 Å². The van der Waals surface area contributed by atoms with Gasteiger partial charge in [-0.15, -0.1) is 0 Å². The molecule has 7 heteroatoms. The standard InChI is InChI=1S/C6H14N4O2.ClH/c7-4(5(11)12)2-1-3-10-6(8)9;/h4H,1-3,7H2,(H,11,12)(H4,8,9,10);1H/p-1. The van der Waals surface area contributed by atoms with Crippen molar-refractivity contribution >= 4 is 11.9 Å². The van der Waals surface area contributed by atoms with Gasteiger partial charge in [0.05, 0.1) is 0 Å². The minimum Gasteiger partial charge on any atom is -1.00 e. The summed E-state index contributed by atoms with van der Waals surface area (Å²) in [4.78, 5) is 13.9. The van der Waals surface area contributed by atoms with Gasteiger partial charge in [0.2, 0.25) is 0 Å². The van der Waals surface area contributed by atoms with Gasteiger partial charge in [0.1, 0.15) is 6.04 Å². The number of hydrogen-bond donors (Lipinski definition) is 4. The van der Waals surface area contributed by atoms with E-state index in [1.807, 2.05) is 0 Å². The van der Waals surface area contributed by atoms with Crippen LogP contribution in [0.15, 0.2) is 4.99 Å². The summed E-state index contributed by atoms with van der Waals surface area (Å²) in [6.45, 7) is 0.420. The number of carboxylic acids is 1. The van der Waals surface area contributed by atoms with E-state index in [1.165, 1.54) is 0 Å². The molecule has 0 fully saturated rings. The van der Waals surface area contributed by atoms with Crippen molar-refractivity contribution in [1.82, 2.24) is 0 Å². The third kappa shape index (κ3) is 8.90. The molecule has 0 rings (SSSR count). The van der Waals surface area contributed by atoms with E-state index in [-0.39, 0.29) is 18.4 Å². The molecule has 0 aromatic carbocycles.